The fourth-order valence-corrected chi connectivity index (χ4v) is 3.65. The van der Waals surface area contributed by atoms with Crippen molar-refractivity contribution in [2.45, 2.75) is 13.8 Å². The molecule has 0 unspecified atom stereocenters. The number of phenols is 1. The number of aryl methyl sites for hydroxylation is 2. The van der Waals surface area contributed by atoms with Crippen molar-refractivity contribution < 1.29 is 14.3 Å². The molecule has 31 heavy (non-hydrogen) atoms. The number of halogens is 1. The molecule has 4 rings (SSSR count). The number of aromatic hydroxyl groups is 1. The highest BCUT2D eigenvalue weighted by Gasteiger charge is 2.16. The monoisotopic (exact) mass is 451 g/mol. The van der Waals surface area contributed by atoms with Crippen LogP contribution in [0, 0.1) is 13.8 Å². The van der Waals surface area contributed by atoms with Crippen LogP contribution in [-0.4, -0.2) is 21.1 Å². The first-order valence-electron chi connectivity index (χ1n) is 9.39. The Labute approximate surface area is 188 Å². The van der Waals surface area contributed by atoms with Gasteiger partial charge < -0.3 is 14.8 Å². The van der Waals surface area contributed by atoms with Crippen LogP contribution >= 0.6 is 23.8 Å². The molecular formula is C23H18ClN3O3S. The van der Waals surface area contributed by atoms with Gasteiger partial charge in [-0.25, -0.2) is 4.98 Å². The molecule has 3 N–H and O–H groups in total. The van der Waals surface area contributed by atoms with Crippen molar-refractivity contribution >= 4 is 51.6 Å². The van der Waals surface area contributed by atoms with E-state index in [0.29, 0.717) is 33.3 Å². The zero-order valence-corrected chi connectivity index (χ0v) is 18.3. The lowest BCUT2D eigenvalue weighted by Gasteiger charge is -2.11. The molecule has 0 aliphatic carbocycles. The number of nitrogens with zero attached hydrogens (tertiary/aromatic N) is 1. The number of phenolic OH excluding ortho intramolecular Hbond substituents is 1. The van der Waals surface area contributed by atoms with Crippen LogP contribution in [-0.2, 0) is 0 Å². The summed E-state index contributed by atoms with van der Waals surface area (Å²) in [5.74, 6) is -0.0807. The molecule has 0 saturated heterocycles. The molecule has 0 radical (unpaired) electrons. The number of hydrogen-bond acceptors (Lipinski definition) is 5. The second-order valence-electron chi connectivity index (χ2n) is 7.10. The van der Waals surface area contributed by atoms with Gasteiger partial charge in [0.25, 0.3) is 5.91 Å². The van der Waals surface area contributed by atoms with E-state index in [1.165, 1.54) is 6.07 Å². The molecule has 0 aliphatic heterocycles. The first kappa shape index (κ1) is 20.8. The predicted octanol–water partition coefficient (Wildman–Crippen LogP) is 5.60. The number of anilines is 1. The van der Waals surface area contributed by atoms with Crippen molar-refractivity contribution in [3.63, 3.8) is 0 Å². The van der Waals surface area contributed by atoms with Crippen LogP contribution in [0.5, 0.6) is 5.75 Å². The van der Waals surface area contributed by atoms with E-state index in [2.05, 4.69) is 15.6 Å². The van der Waals surface area contributed by atoms with E-state index >= 15 is 0 Å². The van der Waals surface area contributed by atoms with Gasteiger partial charge in [-0.2, -0.15) is 0 Å². The first-order chi connectivity index (χ1) is 14.8. The largest absolute Gasteiger partial charge is 0.507 e. The summed E-state index contributed by atoms with van der Waals surface area (Å²) in [6.07, 6.45) is 0. The van der Waals surface area contributed by atoms with Crippen LogP contribution in [0.3, 0.4) is 0 Å². The number of aromatic nitrogens is 1. The summed E-state index contributed by atoms with van der Waals surface area (Å²) in [7, 11) is 0. The molecule has 1 aromatic heterocycles. The van der Waals surface area contributed by atoms with Crippen molar-refractivity contribution in [2.75, 3.05) is 5.32 Å². The quantitative estimate of drug-likeness (QED) is 0.277. The molecule has 0 spiro atoms. The zero-order valence-electron chi connectivity index (χ0n) is 16.7. The van der Waals surface area contributed by atoms with E-state index in [-0.39, 0.29) is 16.8 Å². The van der Waals surface area contributed by atoms with Crippen LogP contribution in [0.15, 0.2) is 59.0 Å². The van der Waals surface area contributed by atoms with Crippen LogP contribution in [0.4, 0.5) is 5.69 Å². The van der Waals surface area contributed by atoms with Crippen LogP contribution in [0.25, 0.3) is 22.6 Å². The number of carbonyl (C=O) groups is 1. The maximum atomic E-state index is 12.3. The van der Waals surface area contributed by atoms with E-state index < -0.39 is 0 Å². The van der Waals surface area contributed by atoms with E-state index in [1.54, 1.807) is 36.4 Å². The van der Waals surface area contributed by atoms with E-state index in [1.807, 2.05) is 26.0 Å². The van der Waals surface area contributed by atoms with Crippen LogP contribution < -0.4 is 10.6 Å². The molecule has 4 aromatic rings. The summed E-state index contributed by atoms with van der Waals surface area (Å²) in [6.45, 7) is 3.94. The topological polar surface area (TPSA) is 87.4 Å². The minimum absolute atomic E-state index is 0.0142. The fourth-order valence-electron chi connectivity index (χ4n) is 3.24. The average molecular weight is 452 g/mol. The van der Waals surface area contributed by atoms with Gasteiger partial charge >= 0.3 is 0 Å². The van der Waals surface area contributed by atoms with Gasteiger partial charge in [0.15, 0.2) is 10.7 Å². The molecule has 0 fully saturated rings. The fraction of sp³-hybridized carbons (Fsp3) is 0.0870. The lowest BCUT2D eigenvalue weighted by Crippen LogP contribution is -2.34. The molecular weight excluding hydrogens is 434 g/mol. The minimum Gasteiger partial charge on any atom is -0.507 e. The molecule has 0 atom stereocenters. The highest BCUT2D eigenvalue weighted by Crippen LogP contribution is 2.34. The summed E-state index contributed by atoms with van der Waals surface area (Å²) in [5.41, 5.74) is 4.77. The molecule has 0 aliphatic rings. The molecule has 0 bridgehead atoms. The Hall–Kier alpha value is -3.42. The van der Waals surface area contributed by atoms with Gasteiger partial charge in [-0.3, -0.25) is 10.1 Å². The smallest absolute Gasteiger partial charge is 0.257 e. The number of hydrogen-bond donors (Lipinski definition) is 3. The standard InChI is InChI=1S/C23H18ClN3O3S/c1-12-8-13(2)20-18(9-12)26-22(30-20)17-11-16(6-7-19(17)28)25-23(31)27-21(29)14-4-3-5-15(24)10-14/h3-11,28H,1-2H3,(H2,25,27,29,31). The lowest BCUT2D eigenvalue weighted by atomic mass is 10.1. The zero-order chi connectivity index (χ0) is 22.1. The number of carbonyl (C=O) groups excluding carboxylic acids is 1. The van der Waals surface area contributed by atoms with E-state index in [0.717, 1.165) is 16.6 Å². The summed E-state index contributed by atoms with van der Waals surface area (Å²) < 4.78 is 5.90. The van der Waals surface area contributed by atoms with Gasteiger partial charge in [-0.05, 0) is 79.7 Å². The van der Waals surface area contributed by atoms with Crippen molar-refractivity contribution in [2.24, 2.45) is 0 Å². The minimum atomic E-state index is -0.385. The number of rotatable bonds is 3. The number of amides is 1. The second kappa shape index (κ2) is 8.37. The third-order valence-corrected chi connectivity index (χ3v) is 5.06. The highest BCUT2D eigenvalue weighted by atomic mass is 35.5. The Bertz CT molecular complexity index is 1330. The number of nitrogens with one attached hydrogen (secondary N) is 2. The molecule has 8 heteroatoms. The van der Waals surface area contributed by atoms with E-state index in [4.69, 9.17) is 28.2 Å². The summed E-state index contributed by atoms with van der Waals surface area (Å²) in [4.78, 5) is 16.8. The highest BCUT2D eigenvalue weighted by molar-refractivity contribution is 7.80. The maximum Gasteiger partial charge on any atom is 0.257 e. The predicted molar refractivity (Wildman–Crippen MR) is 126 cm³/mol. The van der Waals surface area contributed by atoms with Crippen molar-refractivity contribution in [1.29, 1.82) is 0 Å². The number of benzene rings is 3. The number of thiocarbonyl (C=S) groups is 1. The summed E-state index contributed by atoms with van der Waals surface area (Å²) in [5, 5.41) is 16.4. The number of fused-ring (bicyclic) bond motifs is 1. The van der Waals surface area contributed by atoms with Crippen LogP contribution in [0.2, 0.25) is 5.02 Å². The molecule has 3 aromatic carbocycles. The Kier molecular flexibility index (Phi) is 5.63. The first-order valence-corrected chi connectivity index (χ1v) is 10.2. The van der Waals surface area contributed by atoms with E-state index in [9.17, 15) is 9.90 Å². The Morgan fingerprint density at radius 3 is 2.71 bits per heavy atom. The Morgan fingerprint density at radius 1 is 1.13 bits per heavy atom. The second-order valence-corrected chi connectivity index (χ2v) is 7.94. The summed E-state index contributed by atoms with van der Waals surface area (Å²) >= 11 is 11.2. The Morgan fingerprint density at radius 2 is 1.94 bits per heavy atom. The lowest BCUT2D eigenvalue weighted by molar-refractivity contribution is 0.0977. The third-order valence-electron chi connectivity index (χ3n) is 4.62. The molecule has 1 heterocycles. The normalized spacial score (nSPS) is 10.8. The number of oxazole rings is 1. The van der Waals surface area contributed by atoms with Crippen molar-refractivity contribution in [3.8, 4) is 17.2 Å². The van der Waals surface area contributed by atoms with Gasteiger partial charge in [0.05, 0.1) is 5.56 Å². The SMILES string of the molecule is Cc1cc(C)c2oc(-c3cc(NC(=S)NC(=O)c4cccc(Cl)c4)ccc3O)nc2c1. The van der Waals surface area contributed by atoms with Gasteiger partial charge in [-0.15, -0.1) is 0 Å². The summed E-state index contributed by atoms with van der Waals surface area (Å²) in [6, 6.07) is 15.3. The molecule has 0 saturated carbocycles. The van der Waals surface area contributed by atoms with Crippen molar-refractivity contribution in [3.05, 3.63) is 76.3 Å². The molecule has 6 nitrogen and oxygen atoms in total. The van der Waals surface area contributed by atoms with Gasteiger partial charge in [0, 0.05) is 16.3 Å². The van der Waals surface area contributed by atoms with Crippen molar-refractivity contribution in [1.82, 2.24) is 10.3 Å². The maximum absolute atomic E-state index is 12.3. The molecule has 156 valence electrons. The van der Waals surface area contributed by atoms with Crippen LogP contribution in [0.1, 0.15) is 21.5 Å². The van der Waals surface area contributed by atoms with Gasteiger partial charge in [-0.1, -0.05) is 23.7 Å². The third kappa shape index (κ3) is 4.52. The average Bonchev–Trinajstić information content (AvgIpc) is 3.13. The Balaban J connectivity index is 1.56. The van der Waals surface area contributed by atoms with Gasteiger partial charge in [0.1, 0.15) is 11.3 Å². The molecule has 1 amide bonds. The van der Waals surface area contributed by atoms with Gasteiger partial charge in [0.2, 0.25) is 5.89 Å².